The number of benzene rings is 2. The van der Waals surface area contributed by atoms with Crippen LogP contribution in [0.3, 0.4) is 0 Å². The van der Waals surface area contributed by atoms with Gasteiger partial charge in [0.05, 0.1) is 21.3 Å². The summed E-state index contributed by atoms with van der Waals surface area (Å²) >= 11 is 0. The molecule has 0 atom stereocenters. The average molecular weight is 410 g/mol. The summed E-state index contributed by atoms with van der Waals surface area (Å²) < 4.78 is 27.2. The lowest BCUT2D eigenvalue weighted by atomic mass is 10.2. The highest BCUT2D eigenvalue weighted by molar-refractivity contribution is 5.61. The number of hydrogen-bond acceptors (Lipinski definition) is 9. The molecule has 0 aliphatic heterocycles. The summed E-state index contributed by atoms with van der Waals surface area (Å²) in [6.45, 7) is -0.0109. The third kappa shape index (κ3) is 3.62. The fourth-order valence-electron chi connectivity index (χ4n) is 2.92. The van der Waals surface area contributed by atoms with Crippen molar-refractivity contribution < 1.29 is 23.3 Å². The SMILES string of the molecule is COc1cccc(-c2noc(Cn3c(-c4ccc(OC)c(OC)c4)noc3=O)n2)c1. The Morgan fingerprint density at radius 1 is 0.900 bits per heavy atom. The number of hydrogen-bond donors (Lipinski definition) is 0. The van der Waals surface area contributed by atoms with Crippen LogP contribution >= 0.6 is 0 Å². The number of nitrogens with zero attached hydrogens (tertiary/aromatic N) is 4. The maximum absolute atomic E-state index is 12.2. The standard InChI is InChI=1S/C20H18N4O6/c1-26-14-6-4-5-12(9-14)18-21-17(29-22-18)11-24-19(23-30-20(24)25)13-7-8-15(27-2)16(10-13)28-3/h4-10H,11H2,1-3H3. The van der Waals surface area contributed by atoms with Crippen LogP contribution in [-0.2, 0) is 6.54 Å². The molecule has 0 amide bonds. The van der Waals surface area contributed by atoms with Crippen LogP contribution < -0.4 is 20.0 Å². The lowest BCUT2D eigenvalue weighted by Gasteiger charge is -2.09. The average Bonchev–Trinajstić information content (AvgIpc) is 3.40. The van der Waals surface area contributed by atoms with Crippen LogP contribution in [0.15, 0.2) is 56.3 Å². The molecule has 0 aliphatic carbocycles. The van der Waals surface area contributed by atoms with Crippen LogP contribution in [0.5, 0.6) is 17.2 Å². The third-order valence-corrected chi connectivity index (χ3v) is 4.42. The van der Waals surface area contributed by atoms with E-state index in [4.69, 9.17) is 23.3 Å². The predicted molar refractivity (Wildman–Crippen MR) is 105 cm³/mol. The van der Waals surface area contributed by atoms with Crippen molar-refractivity contribution in [3.63, 3.8) is 0 Å². The molecule has 10 heteroatoms. The maximum Gasteiger partial charge on any atom is 0.442 e. The van der Waals surface area contributed by atoms with Crippen molar-refractivity contribution in [1.29, 1.82) is 0 Å². The molecule has 2 heterocycles. The summed E-state index contributed by atoms with van der Waals surface area (Å²) in [5.41, 5.74) is 1.33. The van der Waals surface area contributed by atoms with Gasteiger partial charge in [-0.1, -0.05) is 22.4 Å². The zero-order valence-corrected chi connectivity index (χ0v) is 16.5. The van der Waals surface area contributed by atoms with Crippen molar-refractivity contribution in [2.45, 2.75) is 6.54 Å². The van der Waals surface area contributed by atoms with Gasteiger partial charge in [0.25, 0.3) is 0 Å². The molecule has 2 aromatic heterocycles. The van der Waals surface area contributed by atoms with E-state index in [1.165, 1.54) is 11.7 Å². The number of rotatable bonds is 7. The van der Waals surface area contributed by atoms with E-state index in [2.05, 4.69) is 15.3 Å². The van der Waals surface area contributed by atoms with E-state index in [9.17, 15) is 4.79 Å². The highest BCUT2D eigenvalue weighted by atomic mass is 16.5. The molecule has 0 aliphatic rings. The highest BCUT2D eigenvalue weighted by Gasteiger charge is 2.18. The lowest BCUT2D eigenvalue weighted by molar-refractivity contribution is 0.354. The van der Waals surface area contributed by atoms with Gasteiger partial charge in [0, 0.05) is 11.1 Å². The summed E-state index contributed by atoms with van der Waals surface area (Å²) in [7, 11) is 4.64. The molecule has 0 saturated heterocycles. The molecule has 0 saturated carbocycles. The van der Waals surface area contributed by atoms with Gasteiger partial charge in [0.2, 0.25) is 11.7 Å². The van der Waals surface area contributed by atoms with E-state index in [-0.39, 0.29) is 12.4 Å². The molecule has 4 aromatic rings. The van der Waals surface area contributed by atoms with Gasteiger partial charge >= 0.3 is 5.76 Å². The summed E-state index contributed by atoms with van der Waals surface area (Å²) in [5.74, 6) is 1.96. The number of methoxy groups -OCH3 is 3. The van der Waals surface area contributed by atoms with Gasteiger partial charge in [-0.05, 0) is 30.3 Å². The molecule has 0 unspecified atom stereocenters. The van der Waals surface area contributed by atoms with Crippen LogP contribution in [-0.4, -0.2) is 41.2 Å². The third-order valence-electron chi connectivity index (χ3n) is 4.42. The van der Waals surface area contributed by atoms with Crippen LogP contribution in [0, 0.1) is 0 Å². The molecule has 0 bridgehead atoms. The Morgan fingerprint density at radius 3 is 2.50 bits per heavy atom. The molecule has 0 N–H and O–H groups in total. The molecule has 4 rings (SSSR count). The van der Waals surface area contributed by atoms with Crippen LogP contribution in [0.2, 0.25) is 0 Å². The van der Waals surface area contributed by atoms with Crippen molar-refractivity contribution in [3.8, 4) is 40.0 Å². The molecule has 0 spiro atoms. The zero-order chi connectivity index (χ0) is 21.1. The van der Waals surface area contributed by atoms with Gasteiger partial charge in [-0.25, -0.2) is 9.36 Å². The van der Waals surface area contributed by atoms with Crippen LogP contribution in [0.1, 0.15) is 5.89 Å². The zero-order valence-electron chi connectivity index (χ0n) is 16.5. The van der Waals surface area contributed by atoms with Crippen LogP contribution in [0.4, 0.5) is 0 Å². The van der Waals surface area contributed by atoms with E-state index < -0.39 is 5.76 Å². The van der Waals surface area contributed by atoms with Gasteiger partial charge in [0.15, 0.2) is 17.3 Å². The molecular formula is C20H18N4O6. The summed E-state index contributed by atoms with van der Waals surface area (Å²) in [5, 5.41) is 7.85. The Hall–Kier alpha value is -4.08. The van der Waals surface area contributed by atoms with E-state index in [1.807, 2.05) is 18.2 Å². The first-order valence-electron chi connectivity index (χ1n) is 8.89. The van der Waals surface area contributed by atoms with Gasteiger partial charge in [-0.3, -0.25) is 4.52 Å². The Balaban J connectivity index is 1.65. The van der Waals surface area contributed by atoms with Crippen LogP contribution in [0.25, 0.3) is 22.8 Å². The largest absolute Gasteiger partial charge is 0.497 e. The molecule has 0 radical (unpaired) electrons. The van der Waals surface area contributed by atoms with Crippen molar-refractivity contribution in [2.24, 2.45) is 0 Å². The lowest BCUT2D eigenvalue weighted by Crippen LogP contribution is -2.16. The monoisotopic (exact) mass is 410 g/mol. The van der Waals surface area contributed by atoms with Gasteiger partial charge < -0.3 is 18.7 Å². The second-order valence-electron chi connectivity index (χ2n) is 6.17. The minimum Gasteiger partial charge on any atom is -0.497 e. The molecular weight excluding hydrogens is 392 g/mol. The first kappa shape index (κ1) is 19.2. The van der Waals surface area contributed by atoms with Crippen molar-refractivity contribution >= 4 is 0 Å². The van der Waals surface area contributed by atoms with Gasteiger partial charge in [-0.2, -0.15) is 4.98 Å². The van der Waals surface area contributed by atoms with Gasteiger partial charge in [-0.15, -0.1) is 0 Å². The molecule has 10 nitrogen and oxygen atoms in total. The van der Waals surface area contributed by atoms with Crippen molar-refractivity contribution in [2.75, 3.05) is 21.3 Å². The maximum atomic E-state index is 12.2. The number of ether oxygens (including phenoxy) is 3. The fourth-order valence-corrected chi connectivity index (χ4v) is 2.92. The van der Waals surface area contributed by atoms with E-state index in [1.54, 1.807) is 38.5 Å². The van der Waals surface area contributed by atoms with Crippen molar-refractivity contribution in [1.82, 2.24) is 19.9 Å². The molecule has 2 aromatic carbocycles. The normalized spacial score (nSPS) is 10.8. The summed E-state index contributed by atoms with van der Waals surface area (Å²) in [6, 6.07) is 12.4. The number of aromatic nitrogens is 4. The van der Waals surface area contributed by atoms with E-state index in [0.29, 0.717) is 34.5 Å². The van der Waals surface area contributed by atoms with E-state index >= 15 is 0 Å². The Kier molecular flexibility index (Phi) is 5.21. The summed E-state index contributed by atoms with van der Waals surface area (Å²) in [6.07, 6.45) is 0. The first-order chi connectivity index (χ1) is 14.6. The Labute approximate surface area is 170 Å². The minimum atomic E-state index is -0.652. The smallest absolute Gasteiger partial charge is 0.442 e. The predicted octanol–water partition coefficient (Wildman–Crippen LogP) is 2.63. The quantitative estimate of drug-likeness (QED) is 0.453. The summed E-state index contributed by atoms with van der Waals surface area (Å²) in [4.78, 5) is 16.6. The second-order valence-corrected chi connectivity index (χ2v) is 6.17. The van der Waals surface area contributed by atoms with E-state index in [0.717, 1.165) is 5.56 Å². The molecule has 0 fully saturated rings. The highest BCUT2D eigenvalue weighted by Crippen LogP contribution is 2.31. The second kappa shape index (κ2) is 8.11. The Bertz CT molecular complexity index is 1230. The molecule has 154 valence electrons. The van der Waals surface area contributed by atoms with Gasteiger partial charge in [0.1, 0.15) is 12.3 Å². The fraction of sp³-hybridized carbons (Fsp3) is 0.200. The van der Waals surface area contributed by atoms with Crippen molar-refractivity contribution in [3.05, 3.63) is 58.9 Å². The first-order valence-corrected chi connectivity index (χ1v) is 8.89. The minimum absolute atomic E-state index is 0.0109. The topological polar surface area (TPSA) is 115 Å². The Morgan fingerprint density at radius 2 is 1.73 bits per heavy atom. The molecule has 30 heavy (non-hydrogen) atoms.